The maximum absolute atomic E-state index is 11.9. The van der Waals surface area contributed by atoms with Crippen molar-refractivity contribution in [2.75, 3.05) is 14.2 Å². The predicted molar refractivity (Wildman–Crippen MR) is 86.3 cm³/mol. The van der Waals surface area contributed by atoms with E-state index in [1.54, 1.807) is 39.5 Å². The Hall–Kier alpha value is -3.09. The number of hydrogen-bond acceptors (Lipinski definition) is 5. The maximum Gasteiger partial charge on any atom is 0.272 e. The molecule has 2 rings (SSSR count). The van der Waals surface area contributed by atoms with Crippen LogP contribution in [0.3, 0.4) is 0 Å². The topological polar surface area (TPSA) is 81.9 Å². The molecule has 0 saturated carbocycles. The number of ether oxygens (including phenoxy) is 2. The van der Waals surface area contributed by atoms with Gasteiger partial charge < -0.3 is 14.0 Å². The molecule has 120 valence electrons. The van der Waals surface area contributed by atoms with Crippen molar-refractivity contribution in [2.24, 2.45) is 12.1 Å². The van der Waals surface area contributed by atoms with E-state index in [9.17, 15) is 9.59 Å². The van der Waals surface area contributed by atoms with Crippen molar-refractivity contribution in [3.05, 3.63) is 58.0 Å². The fraction of sp³-hybridized carbons (Fsp3) is 0.188. The Morgan fingerprint density at radius 3 is 2.57 bits per heavy atom. The number of hydrazone groups is 1. The van der Waals surface area contributed by atoms with Crippen LogP contribution >= 0.6 is 0 Å². The number of aryl methyl sites for hydroxylation is 1. The molecule has 0 fully saturated rings. The van der Waals surface area contributed by atoms with Crippen molar-refractivity contribution in [1.82, 2.24) is 9.99 Å². The Balaban J connectivity index is 2.07. The van der Waals surface area contributed by atoms with Gasteiger partial charge in [0.25, 0.3) is 5.91 Å². The van der Waals surface area contributed by atoms with E-state index in [-0.39, 0.29) is 5.56 Å². The lowest BCUT2D eigenvalue weighted by atomic mass is 10.2. The van der Waals surface area contributed by atoms with Crippen LogP contribution in [0.1, 0.15) is 15.9 Å². The second kappa shape index (κ2) is 7.26. The zero-order chi connectivity index (χ0) is 16.8. The van der Waals surface area contributed by atoms with Gasteiger partial charge in [0.1, 0.15) is 0 Å². The molecule has 0 atom stereocenters. The molecule has 1 N–H and O–H groups in total. The summed E-state index contributed by atoms with van der Waals surface area (Å²) in [5.41, 5.74) is 3.30. The van der Waals surface area contributed by atoms with Crippen LogP contribution in [0.4, 0.5) is 0 Å². The normalized spacial score (nSPS) is 10.6. The van der Waals surface area contributed by atoms with E-state index < -0.39 is 5.91 Å². The lowest BCUT2D eigenvalue weighted by molar-refractivity contribution is 0.0954. The molecule has 1 amide bonds. The quantitative estimate of drug-likeness (QED) is 0.663. The Labute approximate surface area is 133 Å². The molecule has 0 saturated heterocycles. The van der Waals surface area contributed by atoms with Gasteiger partial charge in [0.15, 0.2) is 11.5 Å². The van der Waals surface area contributed by atoms with Crippen molar-refractivity contribution in [1.29, 1.82) is 0 Å². The molecule has 0 bridgehead atoms. The number of carbonyl (C=O) groups excluding carboxylic acids is 1. The van der Waals surface area contributed by atoms with E-state index in [1.165, 1.54) is 29.1 Å². The van der Waals surface area contributed by atoms with E-state index in [1.807, 2.05) is 0 Å². The summed E-state index contributed by atoms with van der Waals surface area (Å²) >= 11 is 0. The third-order valence-corrected chi connectivity index (χ3v) is 3.14. The lowest BCUT2D eigenvalue weighted by Crippen LogP contribution is -2.22. The van der Waals surface area contributed by atoms with Crippen LogP contribution < -0.4 is 20.5 Å². The van der Waals surface area contributed by atoms with Gasteiger partial charge >= 0.3 is 0 Å². The van der Waals surface area contributed by atoms with Gasteiger partial charge in [0.05, 0.1) is 26.0 Å². The number of aromatic nitrogens is 1. The Morgan fingerprint density at radius 2 is 1.91 bits per heavy atom. The van der Waals surface area contributed by atoms with Crippen LogP contribution in [-0.2, 0) is 7.05 Å². The van der Waals surface area contributed by atoms with Gasteiger partial charge in [-0.25, -0.2) is 5.43 Å². The first-order valence-electron chi connectivity index (χ1n) is 6.77. The summed E-state index contributed by atoms with van der Waals surface area (Å²) in [6.07, 6.45) is 2.94. The Kier molecular flexibility index (Phi) is 5.14. The van der Waals surface area contributed by atoms with E-state index in [0.717, 1.165) is 5.56 Å². The molecule has 1 heterocycles. The second-order valence-corrected chi connectivity index (χ2v) is 4.68. The first-order valence-corrected chi connectivity index (χ1v) is 6.77. The molecular formula is C16H17N3O4. The molecule has 2 aromatic rings. The molecule has 0 aliphatic carbocycles. The monoisotopic (exact) mass is 315 g/mol. The van der Waals surface area contributed by atoms with Crippen molar-refractivity contribution >= 4 is 12.1 Å². The molecule has 7 nitrogen and oxygen atoms in total. The summed E-state index contributed by atoms with van der Waals surface area (Å²) in [6.45, 7) is 0. The third kappa shape index (κ3) is 3.97. The Bertz CT molecular complexity index is 796. The smallest absolute Gasteiger partial charge is 0.272 e. The first kappa shape index (κ1) is 16.3. The van der Waals surface area contributed by atoms with Gasteiger partial charge in [-0.15, -0.1) is 0 Å². The van der Waals surface area contributed by atoms with Crippen LogP contribution in [0.2, 0.25) is 0 Å². The number of amides is 1. The average Bonchev–Trinajstić information content (AvgIpc) is 2.57. The predicted octanol–water partition coefficient (Wildman–Crippen LogP) is 1.17. The van der Waals surface area contributed by atoms with Gasteiger partial charge in [-0.3, -0.25) is 9.59 Å². The molecule has 0 spiro atoms. The Morgan fingerprint density at radius 1 is 1.17 bits per heavy atom. The van der Waals surface area contributed by atoms with Crippen LogP contribution in [-0.4, -0.2) is 30.9 Å². The van der Waals surface area contributed by atoms with Gasteiger partial charge in [0, 0.05) is 19.3 Å². The van der Waals surface area contributed by atoms with Gasteiger partial charge in [-0.05, 0) is 29.8 Å². The molecule has 0 aliphatic rings. The fourth-order valence-corrected chi connectivity index (χ4v) is 1.89. The van der Waals surface area contributed by atoms with E-state index in [2.05, 4.69) is 10.5 Å². The second-order valence-electron chi connectivity index (χ2n) is 4.68. The van der Waals surface area contributed by atoms with Crippen molar-refractivity contribution in [2.45, 2.75) is 0 Å². The van der Waals surface area contributed by atoms with E-state index in [4.69, 9.17) is 9.47 Å². The summed E-state index contributed by atoms with van der Waals surface area (Å²) in [5, 5.41) is 3.89. The van der Waals surface area contributed by atoms with Crippen LogP contribution in [0.5, 0.6) is 11.5 Å². The highest BCUT2D eigenvalue weighted by Crippen LogP contribution is 2.26. The number of hydrogen-bond donors (Lipinski definition) is 1. The average molecular weight is 315 g/mol. The van der Waals surface area contributed by atoms with Crippen LogP contribution in [0.15, 0.2) is 46.4 Å². The standard InChI is InChI=1S/C16H17N3O4/c1-19-10-12(5-7-15(19)20)16(21)18-17-9-11-4-6-13(22-2)14(8-11)23-3/h4-10H,1-3H3,(H,18,21)/b17-9+. The summed E-state index contributed by atoms with van der Waals surface area (Å²) < 4.78 is 11.7. The molecule has 1 aromatic heterocycles. The minimum absolute atomic E-state index is 0.185. The van der Waals surface area contributed by atoms with E-state index >= 15 is 0 Å². The van der Waals surface area contributed by atoms with Gasteiger partial charge in [-0.2, -0.15) is 5.10 Å². The summed E-state index contributed by atoms with van der Waals surface area (Å²) in [5.74, 6) is 0.775. The zero-order valence-electron chi connectivity index (χ0n) is 13.1. The van der Waals surface area contributed by atoms with Crippen LogP contribution in [0.25, 0.3) is 0 Å². The number of nitrogens with zero attached hydrogens (tertiary/aromatic N) is 2. The minimum atomic E-state index is -0.405. The third-order valence-electron chi connectivity index (χ3n) is 3.14. The summed E-state index contributed by atoms with van der Waals surface area (Å²) in [4.78, 5) is 23.2. The SMILES string of the molecule is COc1ccc(/C=N/NC(=O)c2ccc(=O)n(C)c2)cc1OC. The van der Waals surface area contributed by atoms with Crippen LogP contribution in [0, 0.1) is 0 Å². The molecule has 23 heavy (non-hydrogen) atoms. The molecule has 0 aliphatic heterocycles. The number of carbonyl (C=O) groups is 1. The highest BCUT2D eigenvalue weighted by Gasteiger charge is 2.06. The first-order chi connectivity index (χ1) is 11.0. The molecule has 0 unspecified atom stereocenters. The van der Waals surface area contributed by atoms with Crippen molar-refractivity contribution < 1.29 is 14.3 Å². The number of pyridine rings is 1. The number of methoxy groups -OCH3 is 2. The number of nitrogens with one attached hydrogen (secondary N) is 1. The van der Waals surface area contributed by atoms with Crippen molar-refractivity contribution in [3.63, 3.8) is 0 Å². The lowest BCUT2D eigenvalue weighted by Gasteiger charge is -2.07. The number of rotatable bonds is 5. The molecule has 7 heteroatoms. The van der Waals surface area contributed by atoms with Gasteiger partial charge in [0.2, 0.25) is 5.56 Å². The maximum atomic E-state index is 11.9. The number of benzene rings is 1. The largest absolute Gasteiger partial charge is 0.493 e. The molecule has 1 aromatic carbocycles. The fourth-order valence-electron chi connectivity index (χ4n) is 1.89. The summed E-state index contributed by atoms with van der Waals surface area (Å²) in [7, 11) is 4.67. The minimum Gasteiger partial charge on any atom is -0.493 e. The van der Waals surface area contributed by atoms with Gasteiger partial charge in [-0.1, -0.05) is 0 Å². The highest BCUT2D eigenvalue weighted by atomic mass is 16.5. The van der Waals surface area contributed by atoms with E-state index in [0.29, 0.717) is 17.1 Å². The zero-order valence-corrected chi connectivity index (χ0v) is 13.1. The highest BCUT2D eigenvalue weighted by molar-refractivity contribution is 5.94. The summed E-state index contributed by atoms with van der Waals surface area (Å²) in [6, 6.07) is 8.04. The molecule has 0 radical (unpaired) electrons. The molecular weight excluding hydrogens is 298 g/mol. The van der Waals surface area contributed by atoms with Crippen molar-refractivity contribution in [3.8, 4) is 11.5 Å².